The first kappa shape index (κ1) is 31.0. The third-order valence-corrected chi connectivity index (χ3v) is 10.5. The lowest BCUT2D eigenvalue weighted by molar-refractivity contribution is 0.0799. The number of H-pyrrole nitrogens is 2. The van der Waals surface area contributed by atoms with E-state index in [2.05, 4.69) is 163 Å². The van der Waals surface area contributed by atoms with Crippen LogP contribution in [0.25, 0.3) is 79.8 Å². The Morgan fingerprint density at radius 1 is 0.472 bits per heavy atom. The number of nitrogens with zero attached hydrogens (tertiary/aromatic N) is 3. The third kappa shape index (κ3) is 5.22. The van der Waals surface area contributed by atoms with Crippen LogP contribution in [0.2, 0.25) is 0 Å². The largest absolute Gasteiger partial charge is 0.385 e. The van der Waals surface area contributed by atoms with Crippen LogP contribution in [0.1, 0.15) is 59.5 Å². The number of fused-ring (bicyclic) bond motifs is 11. The van der Waals surface area contributed by atoms with Gasteiger partial charge >= 0.3 is 0 Å². The second-order valence-corrected chi connectivity index (χ2v) is 13.6. The monoisotopic (exact) mass is 685 g/mol. The van der Waals surface area contributed by atoms with Crippen molar-refractivity contribution >= 4 is 41.0 Å². The zero-order valence-electron chi connectivity index (χ0n) is 29.1. The molecule has 0 saturated heterocycles. The molecule has 2 atom stereocenters. The van der Waals surface area contributed by atoms with Crippen LogP contribution in [0.3, 0.4) is 0 Å². The van der Waals surface area contributed by atoms with Gasteiger partial charge in [-0.15, -0.1) is 0 Å². The molecule has 0 radical (unpaired) electrons. The molecular formula is C47H35N5O. The van der Waals surface area contributed by atoms with Gasteiger partial charge in [0, 0.05) is 39.0 Å². The zero-order valence-corrected chi connectivity index (χ0v) is 29.1. The summed E-state index contributed by atoms with van der Waals surface area (Å²) in [5, 5.41) is 4.71. The van der Waals surface area contributed by atoms with Gasteiger partial charge in [-0.25, -0.2) is 9.97 Å². The SMILES string of the molecule is CCC1=NO[C@H]2c3[nH]c(c(-c4ccccc4)c4nc(c(-c5ccccc5)c5ccc([nH]5)c(-c5ccccc5)c5nc(c3-c3ccccc3)C=C5)C=C4)[C@@H]12. The fraction of sp³-hybridized carbons (Fsp3) is 0.0851. The fourth-order valence-electron chi connectivity index (χ4n) is 8.11. The van der Waals surface area contributed by atoms with Crippen molar-refractivity contribution < 1.29 is 4.84 Å². The van der Waals surface area contributed by atoms with Crippen molar-refractivity contribution in [3.63, 3.8) is 0 Å². The number of hydrogen-bond acceptors (Lipinski definition) is 4. The van der Waals surface area contributed by atoms with Gasteiger partial charge in [0.05, 0.1) is 40.1 Å². The molecule has 0 unspecified atom stereocenters. The highest BCUT2D eigenvalue weighted by Crippen LogP contribution is 2.50. The molecule has 4 aromatic carbocycles. The van der Waals surface area contributed by atoms with E-state index in [4.69, 9.17) is 20.0 Å². The van der Waals surface area contributed by atoms with Crippen LogP contribution in [0.15, 0.2) is 139 Å². The number of aromatic amines is 2. The average Bonchev–Trinajstić information content (AvgIpc) is 4.07. The molecule has 254 valence electrons. The average molecular weight is 686 g/mol. The van der Waals surface area contributed by atoms with E-state index in [1.807, 2.05) is 12.1 Å². The third-order valence-electron chi connectivity index (χ3n) is 10.5. The van der Waals surface area contributed by atoms with Gasteiger partial charge in [-0.3, -0.25) is 0 Å². The van der Waals surface area contributed by atoms with Crippen LogP contribution >= 0.6 is 0 Å². The van der Waals surface area contributed by atoms with Crippen LogP contribution in [0.4, 0.5) is 0 Å². The molecule has 0 spiro atoms. The van der Waals surface area contributed by atoms with Gasteiger partial charge in [0.15, 0.2) is 6.10 Å². The summed E-state index contributed by atoms with van der Waals surface area (Å²) < 4.78 is 0. The fourth-order valence-corrected chi connectivity index (χ4v) is 8.11. The Kier molecular flexibility index (Phi) is 7.46. The minimum absolute atomic E-state index is 0.122. The van der Waals surface area contributed by atoms with Crippen LogP contribution in [-0.2, 0) is 4.84 Å². The number of hydrogen-bond donors (Lipinski definition) is 2. The quantitative estimate of drug-likeness (QED) is 0.189. The number of benzene rings is 4. The van der Waals surface area contributed by atoms with E-state index in [1.54, 1.807) is 0 Å². The molecule has 6 heteroatoms. The van der Waals surface area contributed by atoms with Crippen LogP contribution in [0.5, 0.6) is 0 Å². The molecule has 6 heterocycles. The standard InChI is InChI=1S/C47H35N5O/c1-2-33-44-45-42(31-19-11-5-12-20-31)38-27-25-36(49-38)40(29-15-7-3-8-16-29)34-23-24-35(48-34)41(30-17-9-4-10-18-30)37-26-28-39(50-37)43(32-21-13-6-14-22-32)46(51-45)47(44)53-52-33/h3-28,44,47-48,51H,2H2,1H3/t44-,47-/m1/s1. The predicted molar refractivity (Wildman–Crippen MR) is 216 cm³/mol. The van der Waals surface area contributed by atoms with Crippen LogP contribution in [0, 0.1) is 0 Å². The van der Waals surface area contributed by atoms with Gasteiger partial charge in [0.25, 0.3) is 0 Å². The lowest BCUT2D eigenvalue weighted by Gasteiger charge is -2.15. The highest BCUT2D eigenvalue weighted by atomic mass is 16.6. The number of aromatic nitrogens is 4. The van der Waals surface area contributed by atoms with E-state index < -0.39 is 0 Å². The topological polar surface area (TPSA) is 79.0 Å². The van der Waals surface area contributed by atoms with Crippen molar-refractivity contribution in [2.45, 2.75) is 25.4 Å². The molecule has 10 rings (SSSR count). The van der Waals surface area contributed by atoms with Gasteiger partial charge in [-0.05, 0) is 65.1 Å². The molecule has 2 N–H and O–H groups in total. The lowest BCUT2D eigenvalue weighted by atomic mass is 9.87. The summed E-state index contributed by atoms with van der Waals surface area (Å²) in [5.41, 5.74) is 16.8. The predicted octanol–water partition coefficient (Wildman–Crippen LogP) is 11.7. The smallest absolute Gasteiger partial charge is 0.181 e. The molecular weight excluding hydrogens is 651 g/mol. The normalized spacial score (nSPS) is 16.2. The van der Waals surface area contributed by atoms with Crippen molar-refractivity contribution in [2.75, 3.05) is 0 Å². The molecule has 6 nitrogen and oxygen atoms in total. The summed E-state index contributed by atoms with van der Waals surface area (Å²) in [6.07, 6.45) is 8.97. The molecule has 0 amide bonds. The number of rotatable bonds is 5. The Labute approximate surface area is 307 Å². The van der Waals surface area contributed by atoms with Crippen LogP contribution in [-0.4, -0.2) is 25.6 Å². The van der Waals surface area contributed by atoms with Gasteiger partial charge in [0.1, 0.15) is 0 Å². The minimum atomic E-state index is -0.353. The maximum Gasteiger partial charge on any atom is 0.181 e. The molecule has 4 aliphatic heterocycles. The van der Waals surface area contributed by atoms with E-state index in [0.717, 1.165) is 102 Å². The van der Waals surface area contributed by atoms with E-state index in [1.165, 1.54) is 0 Å². The van der Waals surface area contributed by atoms with Gasteiger partial charge in [-0.1, -0.05) is 133 Å². The molecule has 0 saturated carbocycles. The highest BCUT2D eigenvalue weighted by molar-refractivity contribution is 5.99. The van der Waals surface area contributed by atoms with E-state index in [9.17, 15) is 0 Å². The van der Waals surface area contributed by atoms with Crippen molar-refractivity contribution in [1.82, 2.24) is 19.9 Å². The van der Waals surface area contributed by atoms with Crippen LogP contribution < -0.4 is 0 Å². The molecule has 4 aliphatic rings. The summed E-state index contributed by atoms with van der Waals surface area (Å²) in [6, 6.07) is 46.4. The van der Waals surface area contributed by atoms with Crippen molar-refractivity contribution in [3.8, 4) is 44.5 Å². The van der Waals surface area contributed by atoms with Crippen molar-refractivity contribution in [3.05, 3.63) is 168 Å². The lowest BCUT2D eigenvalue weighted by Crippen LogP contribution is -2.11. The van der Waals surface area contributed by atoms with Gasteiger partial charge in [-0.2, -0.15) is 0 Å². The first-order valence-electron chi connectivity index (χ1n) is 18.2. The molecule has 0 fully saturated rings. The first-order chi connectivity index (χ1) is 26.2. The first-order valence-corrected chi connectivity index (χ1v) is 18.2. The van der Waals surface area contributed by atoms with E-state index >= 15 is 0 Å². The number of nitrogens with one attached hydrogen (secondary N) is 2. The van der Waals surface area contributed by atoms with Crippen molar-refractivity contribution in [2.24, 2.45) is 5.16 Å². The summed E-state index contributed by atoms with van der Waals surface area (Å²) in [5.74, 6) is -0.122. The Hall–Kier alpha value is -6.79. The maximum atomic E-state index is 6.41. The van der Waals surface area contributed by atoms with Gasteiger partial charge in [0.2, 0.25) is 0 Å². The second kappa shape index (κ2) is 12.8. The summed E-state index contributed by atoms with van der Waals surface area (Å²) in [4.78, 5) is 25.1. The molecule has 2 aromatic heterocycles. The van der Waals surface area contributed by atoms with Crippen molar-refractivity contribution in [1.29, 1.82) is 0 Å². The van der Waals surface area contributed by atoms with E-state index in [0.29, 0.717) is 0 Å². The Morgan fingerprint density at radius 2 is 0.868 bits per heavy atom. The molecule has 53 heavy (non-hydrogen) atoms. The van der Waals surface area contributed by atoms with Gasteiger partial charge < -0.3 is 14.8 Å². The minimum Gasteiger partial charge on any atom is -0.385 e. The molecule has 0 aliphatic carbocycles. The second-order valence-electron chi connectivity index (χ2n) is 13.6. The Balaban J connectivity index is 1.42. The number of oxime groups is 1. The summed E-state index contributed by atoms with van der Waals surface area (Å²) >= 11 is 0. The molecule has 6 aromatic rings. The summed E-state index contributed by atoms with van der Waals surface area (Å²) in [6.45, 7) is 2.15. The molecule has 8 bridgehead atoms. The zero-order chi connectivity index (χ0) is 35.3. The Bertz CT molecular complexity index is 2670. The highest BCUT2D eigenvalue weighted by Gasteiger charge is 2.44. The maximum absolute atomic E-state index is 6.41. The Morgan fingerprint density at radius 3 is 1.30 bits per heavy atom. The summed E-state index contributed by atoms with van der Waals surface area (Å²) in [7, 11) is 0. The van der Waals surface area contributed by atoms with E-state index in [-0.39, 0.29) is 12.0 Å².